The zero-order chi connectivity index (χ0) is 13.9. The Bertz CT molecular complexity index is 380. The van der Waals surface area contributed by atoms with E-state index in [4.69, 9.17) is 5.73 Å². The summed E-state index contributed by atoms with van der Waals surface area (Å²) in [5, 5.41) is 3.89. The Balaban J connectivity index is 2.50. The molecule has 0 saturated carbocycles. The second kappa shape index (κ2) is 5.98. The highest BCUT2D eigenvalue weighted by molar-refractivity contribution is 9.10. The maximum absolute atomic E-state index is 12.6. The number of rotatable bonds is 6. The Morgan fingerprint density at radius 1 is 1.56 bits per heavy atom. The normalized spacial score (nSPS) is 14.2. The van der Waals surface area contributed by atoms with Crippen LogP contribution in [-0.4, -0.2) is 35.3 Å². The number of halogens is 5. The van der Waals surface area contributed by atoms with Gasteiger partial charge < -0.3 is 10.5 Å². The fraction of sp³-hybridized carbons (Fsp3) is 0.667. The summed E-state index contributed by atoms with van der Waals surface area (Å²) in [5.74, 6) is -4.16. The molecule has 1 unspecified atom stereocenters. The maximum Gasteiger partial charge on any atom is 0.330 e. The number of alkyl halides is 4. The standard InChI is InChI=1S/C9H12BrF4N3O/c1-17-7(5(10)2-16-17)6(15)3-18-4-9(13,14)8(11)12/h2,6,8H,3-4,15H2,1H3. The predicted molar refractivity (Wildman–Crippen MR) is 59.6 cm³/mol. The quantitative estimate of drug-likeness (QED) is 0.811. The van der Waals surface area contributed by atoms with Crippen molar-refractivity contribution >= 4 is 15.9 Å². The van der Waals surface area contributed by atoms with Crippen molar-refractivity contribution in [3.8, 4) is 0 Å². The van der Waals surface area contributed by atoms with E-state index < -0.39 is 25.0 Å². The van der Waals surface area contributed by atoms with Crippen molar-refractivity contribution in [3.05, 3.63) is 16.4 Å². The largest absolute Gasteiger partial charge is 0.373 e. The lowest BCUT2D eigenvalue weighted by molar-refractivity contribution is -0.166. The van der Waals surface area contributed by atoms with E-state index >= 15 is 0 Å². The van der Waals surface area contributed by atoms with Crippen LogP contribution in [0.5, 0.6) is 0 Å². The molecule has 1 heterocycles. The topological polar surface area (TPSA) is 53.1 Å². The summed E-state index contributed by atoms with van der Waals surface area (Å²) in [4.78, 5) is 0. The molecule has 0 saturated heterocycles. The van der Waals surface area contributed by atoms with Crippen molar-refractivity contribution in [2.24, 2.45) is 12.8 Å². The molecule has 1 atom stereocenters. The number of hydrogen-bond acceptors (Lipinski definition) is 3. The molecule has 0 aliphatic carbocycles. The zero-order valence-electron chi connectivity index (χ0n) is 9.42. The third-order valence-corrected chi connectivity index (χ3v) is 2.81. The molecule has 0 aromatic carbocycles. The van der Waals surface area contributed by atoms with E-state index in [0.29, 0.717) is 10.2 Å². The lowest BCUT2D eigenvalue weighted by Gasteiger charge is -2.18. The van der Waals surface area contributed by atoms with E-state index in [9.17, 15) is 17.6 Å². The van der Waals surface area contributed by atoms with Crippen LogP contribution in [0.25, 0.3) is 0 Å². The minimum atomic E-state index is -4.16. The number of hydrogen-bond donors (Lipinski definition) is 1. The molecular formula is C9H12BrF4N3O. The van der Waals surface area contributed by atoms with E-state index in [-0.39, 0.29) is 6.61 Å². The molecule has 0 radical (unpaired) electrons. The average molecular weight is 334 g/mol. The third-order valence-electron chi connectivity index (χ3n) is 2.20. The molecule has 0 fully saturated rings. The summed E-state index contributed by atoms with van der Waals surface area (Å²) >= 11 is 3.19. The average Bonchev–Trinajstić information content (AvgIpc) is 2.58. The summed E-state index contributed by atoms with van der Waals surface area (Å²) in [6.45, 7) is -1.67. The summed E-state index contributed by atoms with van der Waals surface area (Å²) in [6.07, 6.45) is -2.26. The first-order chi connectivity index (χ1) is 8.25. The van der Waals surface area contributed by atoms with E-state index in [2.05, 4.69) is 25.8 Å². The fourth-order valence-corrected chi connectivity index (χ4v) is 1.94. The molecule has 9 heteroatoms. The van der Waals surface area contributed by atoms with Crippen LogP contribution in [0.2, 0.25) is 0 Å². The van der Waals surface area contributed by atoms with Gasteiger partial charge in [-0.05, 0) is 15.9 Å². The number of nitrogens with zero attached hydrogens (tertiary/aromatic N) is 2. The van der Waals surface area contributed by atoms with Gasteiger partial charge in [-0.3, -0.25) is 4.68 Å². The van der Waals surface area contributed by atoms with Gasteiger partial charge in [0.2, 0.25) is 0 Å². The van der Waals surface area contributed by atoms with Crippen LogP contribution in [-0.2, 0) is 11.8 Å². The second-order valence-electron chi connectivity index (χ2n) is 3.68. The van der Waals surface area contributed by atoms with E-state index in [1.165, 1.54) is 10.9 Å². The van der Waals surface area contributed by atoms with Crippen LogP contribution in [0.1, 0.15) is 11.7 Å². The van der Waals surface area contributed by atoms with Crippen LogP contribution in [0.15, 0.2) is 10.7 Å². The van der Waals surface area contributed by atoms with Gasteiger partial charge in [-0.2, -0.15) is 13.9 Å². The molecule has 104 valence electrons. The van der Waals surface area contributed by atoms with Crippen molar-refractivity contribution < 1.29 is 22.3 Å². The third kappa shape index (κ3) is 3.66. The first kappa shape index (κ1) is 15.4. The molecule has 0 aliphatic heterocycles. The SMILES string of the molecule is Cn1ncc(Br)c1C(N)COCC(F)(F)C(F)F. The highest BCUT2D eigenvalue weighted by Crippen LogP contribution is 2.24. The smallest absolute Gasteiger partial charge is 0.330 e. The highest BCUT2D eigenvalue weighted by Gasteiger charge is 2.41. The highest BCUT2D eigenvalue weighted by atomic mass is 79.9. The molecule has 1 rings (SSSR count). The van der Waals surface area contributed by atoms with E-state index in [1.807, 2.05) is 0 Å². The van der Waals surface area contributed by atoms with Crippen molar-refractivity contribution in [2.45, 2.75) is 18.4 Å². The number of aryl methyl sites for hydroxylation is 1. The van der Waals surface area contributed by atoms with Gasteiger partial charge in [-0.1, -0.05) is 0 Å². The van der Waals surface area contributed by atoms with Gasteiger partial charge in [0.05, 0.1) is 29.0 Å². The summed E-state index contributed by atoms with van der Waals surface area (Å²) in [5.41, 5.74) is 6.24. The Morgan fingerprint density at radius 3 is 2.61 bits per heavy atom. The number of aromatic nitrogens is 2. The molecule has 0 amide bonds. The van der Waals surface area contributed by atoms with E-state index in [0.717, 1.165) is 0 Å². The lowest BCUT2D eigenvalue weighted by Crippen LogP contribution is -2.34. The van der Waals surface area contributed by atoms with Crippen LogP contribution in [0, 0.1) is 0 Å². The van der Waals surface area contributed by atoms with Crippen LogP contribution < -0.4 is 5.73 Å². The van der Waals surface area contributed by atoms with Crippen LogP contribution >= 0.6 is 15.9 Å². The van der Waals surface area contributed by atoms with Gasteiger partial charge in [-0.15, -0.1) is 0 Å². The Hall–Kier alpha value is -0.670. The molecule has 0 bridgehead atoms. The van der Waals surface area contributed by atoms with Gasteiger partial charge >= 0.3 is 12.3 Å². The number of nitrogens with two attached hydrogens (primary N) is 1. The van der Waals surface area contributed by atoms with Crippen molar-refractivity contribution in [1.29, 1.82) is 0 Å². The van der Waals surface area contributed by atoms with Gasteiger partial charge in [0, 0.05) is 7.05 Å². The zero-order valence-corrected chi connectivity index (χ0v) is 11.0. The summed E-state index contributed by atoms with van der Waals surface area (Å²) < 4.78 is 55.4. The predicted octanol–water partition coefficient (Wildman–Crippen LogP) is 2.10. The molecule has 1 aromatic rings. The molecule has 18 heavy (non-hydrogen) atoms. The van der Waals surface area contributed by atoms with Crippen molar-refractivity contribution in [1.82, 2.24) is 9.78 Å². The molecule has 4 nitrogen and oxygen atoms in total. The van der Waals surface area contributed by atoms with Crippen molar-refractivity contribution in [2.75, 3.05) is 13.2 Å². The van der Waals surface area contributed by atoms with Gasteiger partial charge in [0.1, 0.15) is 6.61 Å². The Labute approximate surface area is 109 Å². The Kier molecular flexibility index (Phi) is 5.11. The van der Waals surface area contributed by atoms with Gasteiger partial charge in [0.15, 0.2) is 0 Å². The minimum Gasteiger partial charge on any atom is -0.373 e. The summed E-state index contributed by atoms with van der Waals surface area (Å²) in [6, 6.07) is -0.736. The molecular weight excluding hydrogens is 322 g/mol. The lowest BCUT2D eigenvalue weighted by atomic mass is 10.2. The van der Waals surface area contributed by atoms with Crippen LogP contribution in [0.3, 0.4) is 0 Å². The van der Waals surface area contributed by atoms with Crippen LogP contribution in [0.4, 0.5) is 17.6 Å². The van der Waals surface area contributed by atoms with E-state index in [1.54, 1.807) is 7.05 Å². The monoisotopic (exact) mass is 333 g/mol. The first-order valence-corrected chi connectivity index (χ1v) is 5.71. The first-order valence-electron chi connectivity index (χ1n) is 4.92. The Morgan fingerprint density at radius 2 is 2.17 bits per heavy atom. The molecule has 0 aliphatic rings. The molecule has 1 aromatic heterocycles. The fourth-order valence-electron chi connectivity index (χ4n) is 1.30. The maximum atomic E-state index is 12.6. The van der Waals surface area contributed by atoms with Crippen molar-refractivity contribution in [3.63, 3.8) is 0 Å². The number of ether oxygens (including phenoxy) is 1. The minimum absolute atomic E-state index is 0.305. The molecule has 2 N–H and O–H groups in total. The van der Waals surface area contributed by atoms with Gasteiger partial charge in [0.25, 0.3) is 0 Å². The molecule has 0 spiro atoms. The second-order valence-corrected chi connectivity index (χ2v) is 4.54. The van der Waals surface area contributed by atoms with Gasteiger partial charge in [-0.25, -0.2) is 8.78 Å². The summed E-state index contributed by atoms with van der Waals surface area (Å²) in [7, 11) is 1.62.